The van der Waals surface area contributed by atoms with E-state index in [4.69, 9.17) is 11.6 Å². The molecular formula is C19H13ClN4O4S. The number of rotatable bonds is 5. The Morgan fingerprint density at radius 3 is 2.62 bits per heavy atom. The van der Waals surface area contributed by atoms with Crippen LogP contribution in [0.25, 0.3) is 16.7 Å². The van der Waals surface area contributed by atoms with Crippen LogP contribution in [0.15, 0.2) is 71.9 Å². The van der Waals surface area contributed by atoms with Gasteiger partial charge in [-0.05, 0) is 30.3 Å². The molecule has 8 nitrogen and oxygen atoms in total. The molecule has 0 radical (unpaired) electrons. The van der Waals surface area contributed by atoms with Gasteiger partial charge in [0.15, 0.2) is 5.69 Å². The largest absolute Gasteiger partial charge is 0.507 e. The number of nitrogens with zero attached hydrogens (tertiary/aromatic N) is 3. The summed E-state index contributed by atoms with van der Waals surface area (Å²) in [6.07, 6.45) is 3.42. The standard InChI is InChI=1S/C19H13ClN4O4S/c20-12-6-7-17-14(8-12)15(18(25)9-19(26)16-10-21-23-22-16)11-24(17)29(27,28)13-4-2-1-3-5-13/h1-11,25H,(H,21,22,23)/b18-9+. The fourth-order valence-corrected chi connectivity index (χ4v) is 4.44. The zero-order valence-corrected chi connectivity index (χ0v) is 16.2. The Bertz CT molecular complexity index is 1340. The van der Waals surface area contributed by atoms with Gasteiger partial charge in [0, 0.05) is 28.2 Å². The van der Waals surface area contributed by atoms with E-state index in [1.54, 1.807) is 24.3 Å². The molecule has 2 heterocycles. The summed E-state index contributed by atoms with van der Waals surface area (Å²) in [5, 5.41) is 20.8. The molecule has 0 atom stereocenters. The van der Waals surface area contributed by atoms with Crippen LogP contribution in [0.5, 0.6) is 0 Å². The number of aliphatic hydroxyl groups is 1. The van der Waals surface area contributed by atoms with Gasteiger partial charge >= 0.3 is 0 Å². The number of hydrogen-bond acceptors (Lipinski definition) is 6. The molecule has 10 heteroatoms. The Labute approximate surface area is 170 Å². The van der Waals surface area contributed by atoms with E-state index < -0.39 is 21.6 Å². The molecule has 29 heavy (non-hydrogen) atoms. The number of carbonyl (C=O) groups is 1. The molecule has 0 unspecified atom stereocenters. The Morgan fingerprint density at radius 2 is 1.93 bits per heavy atom. The highest BCUT2D eigenvalue weighted by molar-refractivity contribution is 7.90. The van der Waals surface area contributed by atoms with Gasteiger partial charge in [0.05, 0.1) is 16.6 Å². The Hall–Kier alpha value is -3.43. The number of fused-ring (bicyclic) bond motifs is 1. The second kappa shape index (κ2) is 7.19. The van der Waals surface area contributed by atoms with Crippen LogP contribution >= 0.6 is 11.6 Å². The van der Waals surface area contributed by atoms with Gasteiger partial charge in [-0.1, -0.05) is 29.8 Å². The number of aliphatic hydroxyl groups excluding tert-OH is 1. The van der Waals surface area contributed by atoms with E-state index in [0.29, 0.717) is 15.9 Å². The van der Waals surface area contributed by atoms with Crippen LogP contribution in [0.2, 0.25) is 5.02 Å². The van der Waals surface area contributed by atoms with E-state index in [-0.39, 0.29) is 16.2 Å². The first-order valence-electron chi connectivity index (χ1n) is 8.30. The van der Waals surface area contributed by atoms with Gasteiger partial charge < -0.3 is 5.11 Å². The highest BCUT2D eigenvalue weighted by atomic mass is 35.5. The molecule has 2 N–H and O–H groups in total. The highest BCUT2D eigenvalue weighted by Crippen LogP contribution is 2.31. The average Bonchev–Trinajstić information content (AvgIpc) is 3.37. The normalized spacial score (nSPS) is 12.4. The number of allylic oxidation sites excluding steroid dienone is 1. The van der Waals surface area contributed by atoms with E-state index in [0.717, 1.165) is 10.0 Å². The third-order valence-corrected chi connectivity index (χ3v) is 6.17. The smallest absolute Gasteiger partial charge is 0.268 e. The molecule has 0 aliphatic carbocycles. The minimum Gasteiger partial charge on any atom is -0.507 e. The fraction of sp³-hybridized carbons (Fsp3) is 0. The number of H-pyrrole nitrogens is 1. The molecule has 0 bridgehead atoms. The third-order valence-electron chi connectivity index (χ3n) is 4.24. The number of ketones is 1. The van der Waals surface area contributed by atoms with Gasteiger partial charge in [-0.25, -0.2) is 12.4 Å². The summed E-state index contributed by atoms with van der Waals surface area (Å²) < 4.78 is 27.3. The SMILES string of the molecule is O=C(/C=C(/O)c1cn(S(=O)(=O)c2ccccc2)c2ccc(Cl)cc12)c1cn[nH]n1. The number of nitrogens with one attached hydrogen (secondary N) is 1. The van der Waals surface area contributed by atoms with Gasteiger partial charge in [0.1, 0.15) is 5.76 Å². The molecule has 4 rings (SSSR count). The van der Waals surface area contributed by atoms with Crippen molar-refractivity contribution in [3.05, 3.63) is 83.3 Å². The summed E-state index contributed by atoms with van der Waals surface area (Å²) >= 11 is 6.07. The molecule has 0 saturated carbocycles. The minimum atomic E-state index is -3.94. The van der Waals surface area contributed by atoms with Crippen molar-refractivity contribution in [1.29, 1.82) is 0 Å². The molecule has 146 valence electrons. The van der Waals surface area contributed by atoms with E-state index in [1.165, 1.54) is 36.7 Å². The summed E-state index contributed by atoms with van der Waals surface area (Å²) in [6, 6.07) is 12.5. The second-order valence-corrected chi connectivity index (χ2v) is 8.32. The van der Waals surface area contributed by atoms with Gasteiger partial charge in [0.2, 0.25) is 5.78 Å². The zero-order valence-electron chi connectivity index (χ0n) is 14.7. The van der Waals surface area contributed by atoms with Crippen LogP contribution < -0.4 is 0 Å². The maximum absolute atomic E-state index is 13.1. The lowest BCUT2D eigenvalue weighted by Gasteiger charge is -2.07. The van der Waals surface area contributed by atoms with Crippen molar-refractivity contribution < 1.29 is 18.3 Å². The van der Waals surface area contributed by atoms with E-state index >= 15 is 0 Å². The van der Waals surface area contributed by atoms with Crippen LogP contribution in [0.3, 0.4) is 0 Å². The average molecular weight is 429 g/mol. The Balaban J connectivity index is 1.90. The zero-order chi connectivity index (χ0) is 20.6. The second-order valence-electron chi connectivity index (χ2n) is 6.07. The maximum Gasteiger partial charge on any atom is 0.268 e. The van der Waals surface area contributed by atoms with Crippen LogP contribution in [0.1, 0.15) is 16.1 Å². The van der Waals surface area contributed by atoms with Crippen molar-refractivity contribution in [3.63, 3.8) is 0 Å². The number of carbonyl (C=O) groups excluding carboxylic acids is 1. The van der Waals surface area contributed by atoms with Crippen LogP contribution in [0.4, 0.5) is 0 Å². The van der Waals surface area contributed by atoms with E-state index in [1.807, 2.05) is 0 Å². The molecule has 2 aromatic carbocycles. The van der Waals surface area contributed by atoms with E-state index in [2.05, 4.69) is 15.4 Å². The molecule has 0 spiro atoms. The number of aromatic nitrogens is 4. The first-order valence-corrected chi connectivity index (χ1v) is 10.1. The summed E-state index contributed by atoms with van der Waals surface area (Å²) in [5.74, 6) is -1.02. The van der Waals surface area contributed by atoms with Crippen molar-refractivity contribution in [1.82, 2.24) is 19.4 Å². The predicted molar refractivity (Wildman–Crippen MR) is 107 cm³/mol. The summed E-state index contributed by atoms with van der Waals surface area (Å²) in [5.41, 5.74) is 0.455. The molecular weight excluding hydrogens is 416 g/mol. The lowest BCUT2D eigenvalue weighted by Crippen LogP contribution is -2.11. The number of halogens is 1. The van der Waals surface area contributed by atoms with Gasteiger partial charge in [-0.15, -0.1) is 0 Å². The van der Waals surface area contributed by atoms with Crippen molar-refractivity contribution in [2.24, 2.45) is 0 Å². The van der Waals surface area contributed by atoms with E-state index in [9.17, 15) is 18.3 Å². The molecule has 0 aliphatic rings. The molecule has 2 aromatic heterocycles. The predicted octanol–water partition coefficient (Wildman–Crippen LogP) is 3.43. The van der Waals surface area contributed by atoms with Crippen LogP contribution in [0, 0.1) is 0 Å². The number of benzene rings is 2. The lowest BCUT2D eigenvalue weighted by atomic mass is 10.1. The Morgan fingerprint density at radius 1 is 1.17 bits per heavy atom. The lowest BCUT2D eigenvalue weighted by molar-refractivity contribution is 0.104. The first-order chi connectivity index (χ1) is 13.9. The molecule has 0 amide bonds. The Kier molecular flexibility index (Phi) is 4.69. The monoisotopic (exact) mass is 428 g/mol. The molecule has 0 fully saturated rings. The minimum absolute atomic E-state index is 0.00947. The summed E-state index contributed by atoms with van der Waals surface area (Å²) in [7, 11) is -3.94. The third kappa shape index (κ3) is 3.41. The van der Waals surface area contributed by atoms with Gasteiger partial charge in [0.25, 0.3) is 10.0 Å². The molecule has 0 aliphatic heterocycles. The summed E-state index contributed by atoms with van der Waals surface area (Å²) in [4.78, 5) is 12.3. The maximum atomic E-state index is 13.1. The van der Waals surface area contributed by atoms with Crippen molar-refractivity contribution in [2.75, 3.05) is 0 Å². The number of aromatic amines is 1. The van der Waals surface area contributed by atoms with Gasteiger partial charge in [-0.2, -0.15) is 15.4 Å². The number of hydrogen-bond donors (Lipinski definition) is 2. The first kappa shape index (κ1) is 18.9. The van der Waals surface area contributed by atoms with Crippen molar-refractivity contribution >= 4 is 44.1 Å². The van der Waals surface area contributed by atoms with Crippen LogP contribution in [-0.2, 0) is 10.0 Å². The summed E-state index contributed by atoms with van der Waals surface area (Å²) in [6.45, 7) is 0. The van der Waals surface area contributed by atoms with Crippen molar-refractivity contribution in [3.8, 4) is 0 Å². The van der Waals surface area contributed by atoms with Gasteiger partial charge in [-0.3, -0.25) is 4.79 Å². The van der Waals surface area contributed by atoms with Crippen molar-refractivity contribution in [2.45, 2.75) is 4.90 Å². The highest BCUT2D eigenvalue weighted by Gasteiger charge is 2.23. The quantitative estimate of drug-likeness (QED) is 0.285. The topological polar surface area (TPSA) is 118 Å². The molecule has 0 saturated heterocycles. The fourth-order valence-electron chi connectivity index (χ4n) is 2.88. The van der Waals surface area contributed by atoms with Crippen LogP contribution in [-0.4, -0.2) is 38.7 Å². The molecule has 4 aromatic rings.